The first-order valence-corrected chi connectivity index (χ1v) is 2.49. The van der Waals surface area contributed by atoms with Crippen LogP contribution in [0.1, 0.15) is 6.92 Å². The van der Waals surface area contributed by atoms with Crippen molar-refractivity contribution >= 4 is 11.9 Å². The number of urea groups is 1. The lowest BCUT2D eigenvalue weighted by molar-refractivity contribution is -0.131. The van der Waals surface area contributed by atoms with Crippen molar-refractivity contribution in [2.75, 3.05) is 0 Å². The monoisotopic (exact) mass is 145 g/mol. The van der Waals surface area contributed by atoms with Crippen LogP contribution in [0.4, 0.5) is 9.18 Å². The Labute approximate surface area is 55.3 Å². The fourth-order valence-electron chi connectivity index (χ4n) is 0.421. The van der Waals surface area contributed by atoms with Gasteiger partial charge in [-0.1, -0.05) is 5.11 Å². The topological polar surface area (TPSA) is 70.9 Å². The Balaban J connectivity index is 2.93. The Bertz CT molecular complexity index is 223. The van der Waals surface area contributed by atoms with Gasteiger partial charge >= 0.3 is 6.03 Å². The number of amides is 3. The van der Waals surface area contributed by atoms with Gasteiger partial charge in [0.25, 0.3) is 11.7 Å². The van der Waals surface area contributed by atoms with Crippen molar-refractivity contribution in [1.82, 2.24) is 5.32 Å². The van der Waals surface area contributed by atoms with Crippen LogP contribution in [-0.4, -0.2) is 17.7 Å². The third kappa shape index (κ3) is 0.996. The molecule has 0 aromatic heterocycles. The van der Waals surface area contributed by atoms with Gasteiger partial charge in [0.1, 0.15) is 0 Å². The molecule has 1 heterocycles. The Hall–Kier alpha value is -1.33. The Morgan fingerprint density at radius 2 is 2.20 bits per heavy atom. The summed E-state index contributed by atoms with van der Waals surface area (Å²) in [6.07, 6.45) is 0. The van der Waals surface area contributed by atoms with Crippen LogP contribution >= 0.6 is 0 Å². The van der Waals surface area contributed by atoms with Gasteiger partial charge in [-0.25, -0.2) is 9.18 Å². The zero-order valence-corrected chi connectivity index (χ0v) is 5.09. The summed E-state index contributed by atoms with van der Waals surface area (Å²) in [4.78, 5) is 20.7. The second-order valence-corrected chi connectivity index (χ2v) is 1.91. The van der Waals surface area contributed by atoms with Gasteiger partial charge in [-0.15, -0.1) is 5.11 Å². The normalized spacial score (nSPS) is 32.2. The molecule has 5 nitrogen and oxygen atoms in total. The molecule has 0 aromatic rings. The molecule has 54 valence electrons. The Morgan fingerprint density at radius 3 is 2.60 bits per heavy atom. The molecule has 3 amide bonds. The molecule has 1 unspecified atom stereocenters. The van der Waals surface area contributed by atoms with E-state index < -0.39 is 17.7 Å². The maximum absolute atomic E-state index is 12.6. The van der Waals surface area contributed by atoms with Crippen molar-refractivity contribution < 1.29 is 14.0 Å². The van der Waals surface area contributed by atoms with Gasteiger partial charge in [-0.3, -0.25) is 10.1 Å². The molecule has 0 bridgehead atoms. The molecule has 6 heteroatoms. The molecule has 10 heavy (non-hydrogen) atoms. The number of hydrogen-bond donors (Lipinski definition) is 1. The summed E-state index contributed by atoms with van der Waals surface area (Å²) in [7, 11) is 0. The summed E-state index contributed by atoms with van der Waals surface area (Å²) in [5.74, 6) is -3.47. The number of hydrogen-bond acceptors (Lipinski definition) is 3. The van der Waals surface area contributed by atoms with Crippen LogP contribution in [0, 0.1) is 0 Å². The van der Waals surface area contributed by atoms with Crippen molar-refractivity contribution in [1.29, 1.82) is 0 Å². The number of carbonyl (C=O) groups excluding carboxylic acids is 2. The van der Waals surface area contributed by atoms with E-state index in [2.05, 4.69) is 10.2 Å². The standard InChI is InChI=1S/C4H4FN3O2/c1-4(5)2(9)6-3(10)7-8-4/h1H3,(H,6,9,10). The van der Waals surface area contributed by atoms with Gasteiger partial charge in [0.15, 0.2) is 0 Å². The van der Waals surface area contributed by atoms with Crippen molar-refractivity contribution in [2.45, 2.75) is 12.7 Å². The predicted octanol–water partition coefficient (Wildman–Crippen LogP) is 0.374. The minimum atomic E-state index is -2.39. The molecule has 1 rings (SSSR count). The summed E-state index contributed by atoms with van der Waals surface area (Å²) < 4.78 is 12.6. The van der Waals surface area contributed by atoms with Crippen LogP contribution < -0.4 is 5.32 Å². The van der Waals surface area contributed by atoms with E-state index in [1.54, 1.807) is 5.32 Å². The highest BCUT2D eigenvalue weighted by atomic mass is 19.1. The van der Waals surface area contributed by atoms with Gasteiger partial charge < -0.3 is 0 Å². The molecule has 0 spiro atoms. The number of halogens is 1. The number of nitrogens with one attached hydrogen (secondary N) is 1. The maximum atomic E-state index is 12.6. The lowest BCUT2D eigenvalue weighted by Crippen LogP contribution is -2.44. The fourth-order valence-corrected chi connectivity index (χ4v) is 0.421. The maximum Gasteiger partial charge on any atom is 0.366 e. The van der Waals surface area contributed by atoms with E-state index in [1.165, 1.54) is 0 Å². The van der Waals surface area contributed by atoms with E-state index in [0.29, 0.717) is 0 Å². The molecule has 0 saturated carbocycles. The quantitative estimate of drug-likeness (QED) is 0.500. The van der Waals surface area contributed by atoms with Crippen molar-refractivity contribution in [3.8, 4) is 0 Å². The van der Waals surface area contributed by atoms with Gasteiger partial charge in [0, 0.05) is 6.92 Å². The van der Waals surface area contributed by atoms with Crippen LogP contribution in [0.25, 0.3) is 0 Å². The van der Waals surface area contributed by atoms with Gasteiger partial charge in [-0.05, 0) is 0 Å². The van der Waals surface area contributed by atoms with Crippen LogP contribution in [-0.2, 0) is 4.79 Å². The smallest absolute Gasteiger partial charge is 0.270 e. The average molecular weight is 145 g/mol. The first-order valence-electron chi connectivity index (χ1n) is 2.49. The highest BCUT2D eigenvalue weighted by molar-refractivity contribution is 6.00. The van der Waals surface area contributed by atoms with Crippen LogP contribution in [0.2, 0.25) is 0 Å². The summed E-state index contributed by atoms with van der Waals surface area (Å²) in [5, 5.41) is 7.29. The summed E-state index contributed by atoms with van der Waals surface area (Å²) in [6.45, 7) is 0.915. The molecule has 0 aliphatic carbocycles. The lowest BCUT2D eigenvalue weighted by atomic mass is 10.3. The van der Waals surface area contributed by atoms with E-state index in [9.17, 15) is 14.0 Å². The van der Waals surface area contributed by atoms with E-state index in [-0.39, 0.29) is 0 Å². The minimum Gasteiger partial charge on any atom is -0.270 e. The molecule has 1 aliphatic heterocycles. The number of imide groups is 1. The molecule has 0 aromatic carbocycles. The first kappa shape index (κ1) is 6.79. The molecular weight excluding hydrogens is 141 g/mol. The highest BCUT2D eigenvalue weighted by Crippen LogP contribution is 2.15. The number of rotatable bonds is 0. The number of azo groups is 1. The lowest BCUT2D eigenvalue weighted by Gasteiger charge is -2.14. The summed E-state index contributed by atoms with van der Waals surface area (Å²) in [6, 6.07) is -0.930. The highest BCUT2D eigenvalue weighted by Gasteiger charge is 2.37. The van der Waals surface area contributed by atoms with Gasteiger partial charge in [0.05, 0.1) is 0 Å². The van der Waals surface area contributed by atoms with Gasteiger partial charge in [0.2, 0.25) is 0 Å². The van der Waals surface area contributed by atoms with E-state index in [1.807, 2.05) is 0 Å². The predicted molar refractivity (Wildman–Crippen MR) is 27.9 cm³/mol. The molecule has 0 saturated heterocycles. The number of alkyl halides is 1. The average Bonchev–Trinajstić information content (AvgIpc) is 1.81. The zero-order chi connectivity index (χ0) is 7.78. The van der Waals surface area contributed by atoms with Gasteiger partial charge in [-0.2, -0.15) is 0 Å². The van der Waals surface area contributed by atoms with E-state index in [0.717, 1.165) is 6.92 Å². The minimum absolute atomic E-state index is 0.915. The SMILES string of the molecule is CC1(F)N=NC(=O)NC1=O. The third-order valence-corrected chi connectivity index (χ3v) is 0.964. The van der Waals surface area contributed by atoms with Crippen molar-refractivity contribution in [2.24, 2.45) is 10.2 Å². The molecule has 0 fully saturated rings. The third-order valence-electron chi connectivity index (χ3n) is 0.964. The van der Waals surface area contributed by atoms with Crippen LogP contribution in [0.3, 0.4) is 0 Å². The van der Waals surface area contributed by atoms with E-state index in [4.69, 9.17) is 0 Å². The molecule has 1 aliphatic rings. The zero-order valence-electron chi connectivity index (χ0n) is 5.09. The van der Waals surface area contributed by atoms with Crippen LogP contribution in [0.5, 0.6) is 0 Å². The summed E-state index contributed by atoms with van der Waals surface area (Å²) >= 11 is 0. The molecule has 0 radical (unpaired) electrons. The van der Waals surface area contributed by atoms with Crippen LogP contribution in [0.15, 0.2) is 10.2 Å². The van der Waals surface area contributed by atoms with Crippen molar-refractivity contribution in [3.63, 3.8) is 0 Å². The molecule has 1 N–H and O–H groups in total. The number of carbonyl (C=O) groups is 2. The first-order chi connectivity index (χ1) is 4.52. The summed E-state index contributed by atoms with van der Waals surface area (Å²) in [5.41, 5.74) is 0. The fraction of sp³-hybridized carbons (Fsp3) is 0.500. The molecule has 1 atom stereocenters. The Kier molecular flexibility index (Phi) is 1.24. The molecular formula is C4H4FN3O2. The van der Waals surface area contributed by atoms with E-state index >= 15 is 0 Å². The second-order valence-electron chi connectivity index (χ2n) is 1.91. The second kappa shape index (κ2) is 1.83. The largest absolute Gasteiger partial charge is 0.366 e. The Morgan fingerprint density at radius 1 is 1.60 bits per heavy atom. The van der Waals surface area contributed by atoms with Crippen molar-refractivity contribution in [3.05, 3.63) is 0 Å². The number of nitrogens with zero attached hydrogens (tertiary/aromatic N) is 2.